The Balaban J connectivity index is 1.66. The number of fused-ring (bicyclic) bond motifs is 1. The lowest BCUT2D eigenvalue weighted by atomic mass is 10.1. The van der Waals surface area contributed by atoms with Crippen molar-refractivity contribution in [2.45, 2.75) is 25.9 Å². The van der Waals surface area contributed by atoms with Crippen molar-refractivity contribution in [2.75, 3.05) is 11.1 Å². The summed E-state index contributed by atoms with van der Waals surface area (Å²) < 4.78 is 4.35. The van der Waals surface area contributed by atoms with Crippen molar-refractivity contribution in [3.8, 4) is 5.69 Å². The molecule has 4 aromatic rings. The maximum absolute atomic E-state index is 13.0. The van der Waals surface area contributed by atoms with Gasteiger partial charge >= 0.3 is 0 Å². The van der Waals surface area contributed by atoms with Crippen LogP contribution in [0.5, 0.6) is 0 Å². The lowest BCUT2D eigenvalue weighted by molar-refractivity contribution is -0.113. The van der Waals surface area contributed by atoms with Crippen molar-refractivity contribution in [1.29, 1.82) is 0 Å². The molecule has 32 heavy (non-hydrogen) atoms. The maximum atomic E-state index is 13.0. The van der Waals surface area contributed by atoms with E-state index in [2.05, 4.69) is 5.32 Å². The fourth-order valence-corrected chi connectivity index (χ4v) is 5.49. The zero-order chi connectivity index (χ0) is 23.0. The van der Waals surface area contributed by atoms with Crippen LogP contribution in [0, 0.1) is 24.7 Å². The number of benzene rings is 2. The lowest BCUT2D eigenvalue weighted by Gasteiger charge is -2.12. The van der Waals surface area contributed by atoms with Crippen LogP contribution in [-0.2, 0) is 11.8 Å². The Labute approximate surface area is 198 Å². The Hall–Kier alpha value is -2.75. The average Bonchev–Trinajstić information content (AvgIpc) is 3.09. The number of aromatic nitrogens is 3. The topological polar surface area (TPSA) is 68.9 Å². The van der Waals surface area contributed by atoms with Gasteiger partial charge in [0.2, 0.25) is 5.91 Å². The van der Waals surface area contributed by atoms with E-state index in [1.54, 1.807) is 7.05 Å². The predicted molar refractivity (Wildman–Crippen MR) is 135 cm³/mol. The highest BCUT2D eigenvalue weighted by atomic mass is 32.2. The lowest BCUT2D eigenvalue weighted by Crippen LogP contribution is -2.21. The van der Waals surface area contributed by atoms with Crippen LogP contribution in [0.4, 0.5) is 5.69 Å². The van der Waals surface area contributed by atoms with Gasteiger partial charge in [0.1, 0.15) is 4.70 Å². The van der Waals surface area contributed by atoms with Crippen molar-refractivity contribution >= 4 is 57.3 Å². The summed E-state index contributed by atoms with van der Waals surface area (Å²) in [5.41, 5.74) is 5.17. The summed E-state index contributed by atoms with van der Waals surface area (Å²) in [6.45, 7) is 5.93. The molecule has 4 rings (SSSR count). The third-order valence-corrected chi connectivity index (χ3v) is 7.53. The Morgan fingerprint density at radius 2 is 1.78 bits per heavy atom. The van der Waals surface area contributed by atoms with Crippen LogP contribution < -0.4 is 10.9 Å². The second-order valence-corrected chi connectivity index (χ2v) is 10.1. The van der Waals surface area contributed by atoms with Gasteiger partial charge in [0.05, 0.1) is 5.75 Å². The molecule has 1 N–H and O–H groups in total. The Morgan fingerprint density at radius 1 is 1.12 bits per heavy atom. The molecule has 6 nitrogen and oxygen atoms in total. The van der Waals surface area contributed by atoms with Gasteiger partial charge in [-0.15, -0.1) is 0 Å². The van der Waals surface area contributed by atoms with Gasteiger partial charge in [0, 0.05) is 18.4 Å². The average molecular weight is 483 g/mol. The van der Waals surface area contributed by atoms with Crippen molar-refractivity contribution < 1.29 is 4.79 Å². The number of thioether (sulfide) groups is 1. The van der Waals surface area contributed by atoms with E-state index in [9.17, 15) is 9.59 Å². The smallest absolute Gasteiger partial charge is 0.273 e. The monoisotopic (exact) mass is 482 g/mol. The molecule has 0 unspecified atom stereocenters. The van der Waals surface area contributed by atoms with Gasteiger partial charge in [-0.2, -0.15) is 0 Å². The molecule has 0 fully saturated rings. The van der Waals surface area contributed by atoms with E-state index in [1.807, 2.05) is 67.8 Å². The molecule has 0 saturated carbocycles. The van der Waals surface area contributed by atoms with E-state index in [4.69, 9.17) is 17.2 Å². The summed E-state index contributed by atoms with van der Waals surface area (Å²) in [5.74, 6) is -0.0166. The minimum atomic E-state index is -0.172. The molecule has 2 aromatic carbocycles. The number of amides is 1. The molecule has 0 saturated heterocycles. The number of para-hydroxylation sites is 1. The first-order valence-corrected chi connectivity index (χ1v) is 12.2. The van der Waals surface area contributed by atoms with Crippen LogP contribution in [-0.4, -0.2) is 25.8 Å². The van der Waals surface area contributed by atoms with Gasteiger partial charge in [-0.05, 0) is 56.2 Å². The molecule has 2 heterocycles. The molecule has 164 valence electrons. The van der Waals surface area contributed by atoms with Crippen molar-refractivity contribution in [3.63, 3.8) is 0 Å². The van der Waals surface area contributed by atoms with Crippen LogP contribution >= 0.6 is 35.3 Å². The second kappa shape index (κ2) is 9.01. The summed E-state index contributed by atoms with van der Waals surface area (Å²) in [6.07, 6.45) is 0. The number of hydrogen-bond donors (Lipinski definition) is 1. The van der Waals surface area contributed by atoms with Gasteiger partial charge in [0.25, 0.3) is 5.56 Å². The van der Waals surface area contributed by atoms with Crippen molar-refractivity contribution in [3.05, 3.63) is 73.5 Å². The van der Waals surface area contributed by atoms with Crippen LogP contribution in [0.2, 0.25) is 0 Å². The van der Waals surface area contributed by atoms with Gasteiger partial charge in [-0.25, -0.2) is 4.98 Å². The molecule has 0 aliphatic heterocycles. The number of carbonyl (C=O) groups excluding carboxylic acids is 1. The van der Waals surface area contributed by atoms with Gasteiger partial charge < -0.3 is 5.32 Å². The predicted octanol–water partition coefficient (Wildman–Crippen LogP) is 5.17. The van der Waals surface area contributed by atoms with E-state index in [1.165, 1.54) is 27.7 Å². The van der Waals surface area contributed by atoms with E-state index >= 15 is 0 Å². The fraction of sp³-hybridized carbons (Fsp3) is 0.217. The molecule has 0 aliphatic carbocycles. The normalized spacial score (nSPS) is 11.1. The number of hydrogen-bond acceptors (Lipinski definition) is 6. The SMILES string of the molecule is Cc1ccc(-n2c(=S)sc3c(=O)n(C)c(SCC(=O)Nc4c(C)cccc4C)nc32)cc1. The molecule has 0 atom stereocenters. The highest BCUT2D eigenvalue weighted by Crippen LogP contribution is 2.26. The molecular formula is C23H22N4O2S3. The van der Waals surface area contributed by atoms with Crippen LogP contribution in [0.15, 0.2) is 52.4 Å². The summed E-state index contributed by atoms with van der Waals surface area (Å²) in [6, 6.07) is 13.8. The first-order chi connectivity index (χ1) is 15.3. The number of aryl methyl sites for hydroxylation is 3. The largest absolute Gasteiger partial charge is 0.325 e. The maximum Gasteiger partial charge on any atom is 0.273 e. The van der Waals surface area contributed by atoms with Gasteiger partial charge in [-0.1, -0.05) is 59.0 Å². The highest BCUT2D eigenvalue weighted by Gasteiger charge is 2.17. The molecule has 1 amide bonds. The zero-order valence-corrected chi connectivity index (χ0v) is 20.6. The third kappa shape index (κ3) is 4.28. The van der Waals surface area contributed by atoms with E-state index in [-0.39, 0.29) is 17.2 Å². The van der Waals surface area contributed by atoms with Crippen LogP contribution in [0.3, 0.4) is 0 Å². The van der Waals surface area contributed by atoms with E-state index in [0.29, 0.717) is 19.5 Å². The summed E-state index contributed by atoms with van der Waals surface area (Å²) in [4.78, 5) is 30.3. The molecule has 9 heteroatoms. The number of anilines is 1. The van der Waals surface area contributed by atoms with E-state index in [0.717, 1.165) is 28.1 Å². The number of rotatable bonds is 5. The summed E-state index contributed by atoms with van der Waals surface area (Å²) in [7, 11) is 1.67. The first kappa shape index (κ1) is 22.4. The molecule has 0 radical (unpaired) electrons. The third-order valence-electron chi connectivity index (χ3n) is 5.14. The quantitative estimate of drug-likeness (QED) is 0.241. The number of carbonyl (C=O) groups is 1. The van der Waals surface area contributed by atoms with Crippen molar-refractivity contribution in [1.82, 2.24) is 14.1 Å². The highest BCUT2D eigenvalue weighted by molar-refractivity contribution is 7.99. The zero-order valence-electron chi connectivity index (χ0n) is 18.1. The summed E-state index contributed by atoms with van der Waals surface area (Å²) in [5, 5.41) is 3.44. The molecule has 0 bridgehead atoms. The van der Waals surface area contributed by atoms with Gasteiger partial charge in [-0.3, -0.25) is 18.7 Å². The Kier molecular flexibility index (Phi) is 6.32. The van der Waals surface area contributed by atoms with Gasteiger partial charge in [0.15, 0.2) is 14.8 Å². The molecule has 0 spiro atoms. The molecule has 0 aliphatic rings. The Bertz CT molecular complexity index is 1430. The first-order valence-electron chi connectivity index (χ1n) is 9.94. The number of nitrogens with one attached hydrogen (secondary N) is 1. The molecule has 2 aromatic heterocycles. The molecular weight excluding hydrogens is 460 g/mol. The fourth-order valence-electron chi connectivity index (χ4n) is 3.38. The standard InChI is InChI=1S/C23H22N4O2S3/c1-13-8-10-16(11-9-13)27-20-19(32-23(27)30)21(29)26(4)22(25-20)31-12-17(28)24-18-14(2)6-5-7-15(18)3/h5-11H,12H2,1-4H3,(H,24,28). The summed E-state index contributed by atoms with van der Waals surface area (Å²) >= 11 is 8.02. The number of nitrogens with zero attached hydrogens (tertiary/aromatic N) is 3. The second-order valence-electron chi connectivity index (χ2n) is 7.55. The van der Waals surface area contributed by atoms with Crippen LogP contribution in [0.25, 0.3) is 16.0 Å². The van der Waals surface area contributed by atoms with E-state index < -0.39 is 0 Å². The minimum Gasteiger partial charge on any atom is -0.325 e. The minimum absolute atomic E-state index is 0.134. The van der Waals surface area contributed by atoms with Crippen molar-refractivity contribution in [2.24, 2.45) is 7.05 Å². The Morgan fingerprint density at radius 3 is 2.44 bits per heavy atom. The van der Waals surface area contributed by atoms with Crippen LogP contribution in [0.1, 0.15) is 16.7 Å². The number of thiazole rings is 1.